The lowest BCUT2D eigenvalue weighted by molar-refractivity contribution is -0.132. The first kappa shape index (κ1) is 19.4. The third kappa shape index (κ3) is 4.10. The average molecular weight is 453 g/mol. The fourth-order valence-corrected chi connectivity index (χ4v) is 4.12. The van der Waals surface area contributed by atoms with Crippen LogP contribution in [0, 0.1) is 0 Å². The first-order valence-electron chi connectivity index (χ1n) is 9.47. The highest BCUT2D eigenvalue weighted by Gasteiger charge is 2.30. The fraction of sp³-hybridized carbons (Fsp3) is 0.227. The molecule has 1 aromatic heterocycles. The summed E-state index contributed by atoms with van der Waals surface area (Å²) < 4.78 is 2.56. The van der Waals surface area contributed by atoms with Gasteiger partial charge in [0.25, 0.3) is 0 Å². The SMILES string of the molecule is CC(=O)N1CCc2ccccc2C1CC(=O)Nc1ccccc1-n1cc(Br)cn1. The fourth-order valence-electron chi connectivity index (χ4n) is 3.84. The van der Waals surface area contributed by atoms with Crippen molar-refractivity contribution in [3.05, 3.63) is 76.5 Å². The number of benzene rings is 2. The summed E-state index contributed by atoms with van der Waals surface area (Å²) in [5, 5.41) is 7.30. The number of hydrogen-bond acceptors (Lipinski definition) is 3. The number of rotatable bonds is 4. The Balaban J connectivity index is 1.58. The molecular weight excluding hydrogens is 432 g/mol. The Morgan fingerprint density at radius 3 is 2.69 bits per heavy atom. The molecule has 0 spiro atoms. The van der Waals surface area contributed by atoms with Crippen molar-refractivity contribution in [2.45, 2.75) is 25.8 Å². The van der Waals surface area contributed by atoms with E-state index in [9.17, 15) is 9.59 Å². The van der Waals surface area contributed by atoms with Crippen LogP contribution in [-0.4, -0.2) is 33.0 Å². The number of nitrogens with one attached hydrogen (secondary N) is 1. The monoisotopic (exact) mass is 452 g/mol. The molecule has 29 heavy (non-hydrogen) atoms. The zero-order valence-electron chi connectivity index (χ0n) is 16.0. The number of fused-ring (bicyclic) bond motifs is 1. The van der Waals surface area contributed by atoms with Crippen LogP contribution in [0.25, 0.3) is 5.69 Å². The molecule has 0 saturated carbocycles. The van der Waals surface area contributed by atoms with Crippen LogP contribution in [0.5, 0.6) is 0 Å². The summed E-state index contributed by atoms with van der Waals surface area (Å²) in [5.41, 5.74) is 3.70. The zero-order valence-corrected chi connectivity index (χ0v) is 17.6. The number of anilines is 1. The van der Waals surface area contributed by atoms with Gasteiger partial charge in [-0.15, -0.1) is 0 Å². The molecule has 0 saturated heterocycles. The highest BCUT2D eigenvalue weighted by atomic mass is 79.9. The quantitative estimate of drug-likeness (QED) is 0.647. The predicted octanol–water partition coefficient (Wildman–Crippen LogP) is 4.11. The van der Waals surface area contributed by atoms with Crippen molar-refractivity contribution >= 4 is 33.4 Å². The Morgan fingerprint density at radius 2 is 1.93 bits per heavy atom. The lowest BCUT2D eigenvalue weighted by atomic mass is 9.90. The first-order chi connectivity index (χ1) is 14.0. The number of halogens is 1. The van der Waals surface area contributed by atoms with Gasteiger partial charge >= 0.3 is 0 Å². The van der Waals surface area contributed by atoms with Crippen LogP contribution in [0.1, 0.15) is 30.5 Å². The maximum absolute atomic E-state index is 13.0. The van der Waals surface area contributed by atoms with Crippen molar-refractivity contribution in [1.82, 2.24) is 14.7 Å². The standard InChI is InChI=1S/C22H21BrN4O2/c1-15(28)26-11-10-16-6-2-3-7-18(16)21(26)12-22(29)25-19-8-4-5-9-20(19)27-14-17(23)13-24-27/h2-9,13-14,21H,10-12H2,1H3,(H,25,29). The predicted molar refractivity (Wildman–Crippen MR) is 115 cm³/mol. The summed E-state index contributed by atoms with van der Waals surface area (Å²) >= 11 is 3.40. The lowest BCUT2D eigenvalue weighted by Crippen LogP contribution is -2.40. The summed E-state index contributed by atoms with van der Waals surface area (Å²) in [6.07, 6.45) is 4.54. The molecular formula is C22H21BrN4O2. The Hall–Kier alpha value is -2.93. The van der Waals surface area contributed by atoms with Crippen LogP contribution >= 0.6 is 15.9 Å². The van der Waals surface area contributed by atoms with E-state index >= 15 is 0 Å². The third-order valence-corrected chi connectivity index (χ3v) is 5.58. The average Bonchev–Trinajstić information content (AvgIpc) is 3.14. The lowest BCUT2D eigenvalue weighted by Gasteiger charge is -2.36. The number of amides is 2. The summed E-state index contributed by atoms with van der Waals surface area (Å²) in [6, 6.07) is 15.3. The maximum atomic E-state index is 13.0. The van der Waals surface area contributed by atoms with Crippen LogP contribution in [0.2, 0.25) is 0 Å². The molecule has 6 nitrogen and oxygen atoms in total. The molecule has 3 aromatic rings. The van der Waals surface area contributed by atoms with E-state index in [2.05, 4.69) is 32.4 Å². The van der Waals surface area contributed by atoms with Crippen molar-refractivity contribution in [2.24, 2.45) is 0 Å². The summed E-state index contributed by atoms with van der Waals surface area (Å²) in [4.78, 5) is 26.9. The highest BCUT2D eigenvalue weighted by molar-refractivity contribution is 9.10. The summed E-state index contributed by atoms with van der Waals surface area (Å²) in [5.74, 6) is -0.157. The second kappa shape index (κ2) is 8.21. The molecule has 1 aliphatic rings. The molecule has 0 aliphatic carbocycles. The van der Waals surface area contributed by atoms with E-state index in [4.69, 9.17) is 0 Å². The molecule has 1 N–H and O–H groups in total. The summed E-state index contributed by atoms with van der Waals surface area (Å²) in [7, 11) is 0. The van der Waals surface area contributed by atoms with Gasteiger partial charge in [-0.2, -0.15) is 5.10 Å². The molecule has 4 rings (SSSR count). The van der Waals surface area contributed by atoms with E-state index in [1.54, 1.807) is 22.7 Å². The molecule has 0 bridgehead atoms. The van der Waals surface area contributed by atoms with Crippen molar-refractivity contribution in [3.8, 4) is 5.69 Å². The molecule has 2 aromatic carbocycles. The Kier molecular flexibility index (Phi) is 5.49. The summed E-state index contributed by atoms with van der Waals surface area (Å²) in [6.45, 7) is 2.19. The number of para-hydroxylation sites is 2. The van der Waals surface area contributed by atoms with E-state index in [1.807, 2.05) is 48.7 Å². The van der Waals surface area contributed by atoms with Crippen molar-refractivity contribution in [2.75, 3.05) is 11.9 Å². The van der Waals surface area contributed by atoms with Gasteiger partial charge in [-0.1, -0.05) is 36.4 Å². The van der Waals surface area contributed by atoms with Gasteiger partial charge in [0, 0.05) is 19.7 Å². The number of carbonyl (C=O) groups is 2. The highest BCUT2D eigenvalue weighted by Crippen LogP contribution is 2.33. The van der Waals surface area contributed by atoms with E-state index < -0.39 is 0 Å². The number of nitrogens with zero attached hydrogens (tertiary/aromatic N) is 3. The van der Waals surface area contributed by atoms with Crippen LogP contribution in [0.3, 0.4) is 0 Å². The topological polar surface area (TPSA) is 67.2 Å². The second-order valence-corrected chi connectivity index (χ2v) is 7.97. The Labute approximate surface area is 177 Å². The van der Waals surface area contributed by atoms with Crippen molar-refractivity contribution in [3.63, 3.8) is 0 Å². The smallest absolute Gasteiger partial charge is 0.226 e. The van der Waals surface area contributed by atoms with Gasteiger partial charge in [-0.3, -0.25) is 9.59 Å². The molecule has 1 aliphatic heterocycles. The van der Waals surface area contributed by atoms with Gasteiger partial charge in [-0.25, -0.2) is 4.68 Å². The molecule has 1 unspecified atom stereocenters. The van der Waals surface area contributed by atoms with Crippen molar-refractivity contribution < 1.29 is 9.59 Å². The van der Waals surface area contributed by atoms with Gasteiger partial charge in [0.15, 0.2) is 0 Å². The minimum absolute atomic E-state index is 0.0147. The minimum atomic E-state index is -0.261. The Bertz CT molecular complexity index is 1060. The largest absolute Gasteiger partial charge is 0.335 e. The normalized spacial score (nSPS) is 15.7. The number of hydrogen-bond donors (Lipinski definition) is 1. The molecule has 0 radical (unpaired) electrons. The number of carbonyl (C=O) groups excluding carboxylic acids is 2. The van der Waals surface area contributed by atoms with E-state index in [-0.39, 0.29) is 24.3 Å². The van der Waals surface area contributed by atoms with E-state index in [0.717, 1.165) is 22.1 Å². The molecule has 148 valence electrons. The third-order valence-electron chi connectivity index (χ3n) is 5.17. The van der Waals surface area contributed by atoms with Gasteiger partial charge in [0.2, 0.25) is 11.8 Å². The van der Waals surface area contributed by atoms with Crippen LogP contribution in [0.4, 0.5) is 5.69 Å². The van der Waals surface area contributed by atoms with Crippen LogP contribution in [-0.2, 0) is 16.0 Å². The minimum Gasteiger partial charge on any atom is -0.335 e. The number of aromatic nitrogens is 2. The molecule has 2 amide bonds. The molecule has 1 atom stereocenters. The van der Waals surface area contributed by atoms with Gasteiger partial charge in [0.1, 0.15) is 0 Å². The van der Waals surface area contributed by atoms with Gasteiger partial charge < -0.3 is 10.2 Å². The Morgan fingerprint density at radius 1 is 1.17 bits per heavy atom. The second-order valence-electron chi connectivity index (χ2n) is 7.05. The maximum Gasteiger partial charge on any atom is 0.226 e. The first-order valence-corrected chi connectivity index (χ1v) is 10.3. The molecule has 2 heterocycles. The molecule has 7 heteroatoms. The zero-order chi connectivity index (χ0) is 20.4. The van der Waals surface area contributed by atoms with Gasteiger partial charge in [0.05, 0.1) is 34.5 Å². The molecule has 0 fully saturated rings. The van der Waals surface area contributed by atoms with E-state index in [1.165, 1.54) is 5.56 Å². The van der Waals surface area contributed by atoms with Crippen LogP contribution < -0.4 is 5.32 Å². The van der Waals surface area contributed by atoms with E-state index in [0.29, 0.717) is 12.2 Å². The van der Waals surface area contributed by atoms with Crippen LogP contribution in [0.15, 0.2) is 65.4 Å². The van der Waals surface area contributed by atoms with Gasteiger partial charge in [-0.05, 0) is 45.6 Å². The van der Waals surface area contributed by atoms with Crippen molar-refractivity contribution in [1.29, 1.82) is 0 Å².